The summed E-state index contributed by atoms with van der Waals surface area (Å²) < 4.78 is 96.3. The van der Waals surface area contributed by atoms with Crippen molar-refractivity contribution < 1.29 is 114 Å². The van der Waals surface area contributed by atoms with Crippen molar-refractivity contribution in [1.29, 1.82) is 0 Å². The molecule has 8 fully saturated rings. The lowest BCUT2D eigenvalue weighted by molar-refractivity contribution is -0.337. The second kappa shape index (κ2) is 37.7. The highest BCUT2D eigenvalue weighted by atomic mass is 16.7. The van der Waals surface area contributed by atoms with Gasteiger partial charge in [-0.15, -0.1) is 0 Å². The minimum Gasteiger partial charge on any atom is -0.465 e. The van der Waals surface area contributed by atoms with Crippen LogP contribution in [0.5, 0.6) is 0 Å². The zero-order valence-electron chi connectivity index (χ0n) is 76.6. The van der Waals surface area contributed by atoms with Gasteiger partial charge in [0.1, 0.15) is 49.2 Å². The maximum absolute atomic E-state index is 14.4. The summed E-state index contributed by atoms with van der Waals surface area (Å²) in [7, 11) is 7.42. The molecule has 0 aromatic rings. The molecule has 0 amide bonds. The van der Waals surface area contributed by atoms with Crippen molar-refractivity contribution in [3.63, 3.8) is 0 Å². The third-order valence-corrected chi connectivity index (χ3v) is 25.1. The van der Waals surface area contributed by atoms with Crippen molar-refractivity contribution in [2.24, 2.45) is 56.2 Å². The maximum Gasteiger partial charge on any atom is 0.310 e. The van der Waals surface area contributed by atoms with Crippen LogP contribution in [0.25, 0.3) is 0 Å². The second-order valence-electron chi connectivity index (χ2n) is 43.6. The van der Waals surface area contributed by atoms with E-state index >= 15 is 0 Å². The van der Waals surface area contributed by atoms with Crippen LogP contribution >= 0.6 is 0 Å². The highest BCUT2D eigenvalue weighted by Gasteiger charge is 2.55. The molecule has 668 valence electrons. The molecule has 4 atom stereocenters. The van der Waals surface area contributed by atoms with Crippen molar-refractivity contribution in [3.8, 4) is 0 Å². The van der Waals surface area contributed by atoms with Crippen LogP contribution in [0, 0.1) is 56.2 Å². The van der Waals surface area contributed by atoms with Crippen LogP contribution in [0.1, 0.15) is 257 Å². The highest BCUT2D eigenvalue weighted by molar-refractivity contribution is 5.91. The molecule has 2 spiro atoms. The normalized spacial score (nSPS) is 28.9. The van der Waals surface area contributed by atoms with Gasteiger partial charge in [0.15, 0.2) is 25.2 Å². The Balaban J connectivity index is 0.000000321. The van der Waals surface area contributed by atoms with Crippen LogP contribution < -0.4 is 10.6 Å². The fraction of sp³-hybridized carbons (Fsp3) is 0.909. The summed E-state index contributed by atoms with van der Waals surface area (Å²) >= 11 is 0. The molecule has 28 heteroatoms. The predicted octanol–water partition coefficient (Wildman–Crippen LogP) is 11.2. The Morgan fingerprint density at radius 2 is 0.534 bits per heavy atom. The molecule has 0 aromatic heterocycles. The number of carbonyl (C=O) groups excluding carboxylic acids is 8. The van der Waals surface area contributed by atoms with Gasteiger partial charge in [-0.25, -0.2) is 0 Å². The van der Waals surface area contributed by atoms with E-state index in [1.54, 1.807) is 14.2 Å². The SMILES string of the molecule is COCC(C)(C)C1OCC2(CO1)COC(C(C)(C)COC(=O)CC(C(=O)OC1CC(C)(C)N(C)C(C)(C)C1)C(CC(C)=O)C(=O)OC1CC(C)(C)N(C)C(C)(C)C1)OC2.COCC(C)(C)C1OCC2(CO1)COC(C(C)(C)COC(=O)CC(C(=O)OC1CC(C)(C)NC(C)(C)C1)C(CC(C)=O)C(=O)OC1CC(C)(C)NC(C)(C)C1)OC2. The minimum absolute atomic E-state index is 0.0928. The summed E-state index contributed by atoms with van der Waals surface area (Å²) in [6, 6.07) is 0. The Labute approximate surface area is 693 Å². The number of rotatable bonds is 30. The molecule has 28 nitrogen and oxygen atoms in total. The number of hydrogen-bond acceptors (Lipinski definition) is 28. The number of ketones is 2. The predicted molar refractivity (Wildman–Crippen MR) is 433 cm³/mol. The Morgan fingerprint density at radius 1 is 0.336 bits per heavy atom. The largest absolute Gasteiger partial charge is 0.465 e. The number of ether oxygens (including phenoxy) is 16. The maximum atomic E-state index is 14.4. The first-order valence-electron chi connectivity index (χ1n) is 42.1. The van der Waals surface area contributed by atoms with Crippen molar-refractivity contribution in [2.45, 2.75) is 351 Å². The zero-order valence-corrected chi connectivity index (χ0v) is 76.6. The molecule has 0 saturated carbocycles. The topological polar surface area (TPSA) is 315 Å². The van der Waals surface area contributed by atoms with Crippen LogP contribution in [0.3, 0.4) is 0 Å². The van der Waals surface area contributed by atoms with Gasteiger partial charge in [-0.1, -0.05) is 55.4 Å². The molecule has 4 unspecified atom stereocenters. The summed E-state index contributed by atoms with van der Waals surface area (Å²) in [6.45, 7) is 55.1. The molecule has 8 aliphatic rings. The first kappa shape index (κ1) is 98.7. The third-order valence-electron chi connectivity index (χ3n) is 25.1. The van der Waals surface area contributed by atoms with Crippen LogP contribution in [-0.4, -0.2) is 259 Å². The van der Waals surface area contributed by atoms with Gasteiger partial charge >= 0.3 is 35.8 Å². The van der Waals surface area contributed by atoms with Gasteiger partial charge in [0, 0.05) is 144 Å². The highest BCUT2D eigenvalue weighted by Crippen LogP contribution is 2.46. The molecule has 8 rings (SSSR count). The van der Waals surface area contributed by atoms with Crippen LogP contribution in [0.4, 0.5) is 0 Å². The van der Waals surface area contributed by atoms with E-state index in [2.05, 4.69) is 89.9 Å². The molecule has 0 radical (unpaired) electrons. The van der Waals surface area contributed by atoms with Crippen molar-refractivity contribution >= 4 is 47.4 Å². The van der Waals surface area contributed by atoms with Crippen molar-refractivity contribution in [3.05, 3.63) is 0 Å². The quantitative estimate of drug-likeness (QED) is 0.0498. The number of likely N-dealkylation sites (tertiary alicyclic amines) is 2. The molecular formula is C88H152N4O24. The molecule has 8 heterocycles. The number of hydrogen-bond donors (Lipinski definition) is 2. The molecule has 8 saturated heterocycles. The lowest BCUT2D eigenvalue weighted by atomic mass is 9.78. The van der Waals surface area contributed by atoms with E-state index in [9.17, 15) is 38.4 Å². The van der Waals surface area contributed by atoms with E-state index in [0.717, 1.165) is 0 Å². The monoisotopic (exact) mass is 1650 g/mol. The summed E-state index contributed by atoms with van der Waals surface area (Å²) in [5, 5.41) is 7.16. The molecule has 2 N–H and O–H groups in total. The van der Waals surface area contributed by atoms with Crippen molar-refractivity contribution in [1.82, 2.24) is 20.4 Å². The van der Waals surface area contributed by atoms with E-state index in [-0.39, 0.29) is 92.8 Å². The molecule has 8 aliphatic heterocycles. The molecule has 0 bridgehead atoms. The van der Waals surface area contributed by atoms with Gasteiger partial charge in [0.2, 0.25) is 0 Å². The first-order chi connectivity index (χ1) is 53.0. The van der Waals surface area contributed by atoms with E-state index in [1.807, 2.05) is 111 Å². The third kappa shape index (κ3) is 26.8. The molecule has 0 aliphatic carbocycles. The summed E-state index contributed by atoms with van der Waals surface area (Å²) in [5.41, 5.74) is -5.62. The molecule has 0 aromatic carbocycles. The number of Topliss-reactive ketones (excluding diaryl/α,β-unsaturated/α-hetero) is 2. The zero-order chi connectivity index (χ0) is 87.4. The lowest BCUT2D eigenvalue weighted by Crippen LogP contribution is -2.60. The number of nitrogens with one attached hydrogen (secondary N) is 2. The fourth-order valence-electron chi connectivity index (χ4n) is 19.1. The molecule has 116 heavy (non-hydrogen) atoms. The van der Waals surface area contributed by atoms with Gasteiger partial charge in [-0.05, 0) is 139 Å². The smallest absolute Gasteiger partial charge is 0.310 e. The van der Waals surface area contributed by atoms with Gasteiger partial charge in [-0.2, -0.15) is 0 Å². The van der Waals surface area contributed by atoms with E-state index < -0.39 is 144 Å². The van der Waals surface area contributed by atoms with Gasteiger partial charge in [0.25, 0.3) is 0 Å². The number of esters is 6. The van der Waals surface area contributed by atoms with E-state index in [4.69, 9.17) is 75.8 Å². The second-order valence-corrected chi connectivity index (χ2v) is 43.6. The first-order valence-corrected chi connectivity index (χ1v) is 42.1. The van der Waals surface area contributed by atoms with Crippen LogP contribution in [-0.2, 0) is 114 Å². The van der Waals surface area contributed by atoms with Crippen LogP contribution in [0.2, 0.25) is 0 Å². The van der Waals surface area contributed by atoms with Gasteiger partial charge < -0.3 is 96.0 Å². The lowest BCUT2D eigenvalue weighted by Gasteiger charge is -2.53. The number of carbonyl (C=O) groups is 8. The van der Waals surface area contributed by atoms with Crippen LogP contribution in [0.15, 0.2) is 0 Å². The van der Waals surface area contributed by atoms with E-state index in [0.29, 0.717) is 117 Å². The molecular weight excluding hydrogens is 1500 g/mol. The Morgan fingerprint density at radius 3 is 0.741 bits per heavy atom. The Hall–Kier alpha value is -4.40. The van der Waals surface area contributed by atoms with Gasteiger partial charge in [-0.3, -0.25) is 38.6 Å². The minimum atomic E-state index is -1.31. The average molecular weight is 1650 g/mol. The van der Waals surface area contributed by atoms with Gasteiger partial charge in [0.05, 0.1) is 113 Å². The summed E-state index contributed by atoms with van der Waals surface area (Å²) in [4.78, 5) is 115. The standard InChI is InChI=1S/C45H78N2O12.C43H74N2O12/c1-29(48)17-32(35(50)58-30-19-41(6,7)46(14)42(8,9)20-30)33(36(51)59-31-21-43(10,11)47(15)44(12,13)22-31)18-34(49)53-24-40(4,5)38-56-27-45(28-57-38)25-54-37(55-26-45)39(2,3)23-52-16;1-27(46)15-30(33(48)56-28-17-39(6,7)44-40(8,9)18-28)31(34(49)57-29-19-41(10,11)45-42(12,13)20-29)16-32(47)51-22-38(4,5)36-54-25-43(26-55-36)23-52-35(53-24-43)37(2,3)21-50-14/h30-33,37-38H,17-28H2,1-16H3;28-31,35-36,44-45H,15-26H2,1-14H3. The summed E-state index contributed by atoms with van der Waals surface area (Å²) in [6.07, 6.45) is -1.26. The number of methoxy groups -OCH3 is 2. The number of piperidine rings is 4. The Kier molecular flexibility index (Phi) is 32.1. The number of nitrogens with zero attached hydrogens (tertiary/aromatic N) is 2. The average Bonchev–Trinajstić information content (AvgIpc) is 0.785. The Bertz CT molecular complexity index is 3270. The van der Waals surface area contributed by atoms with E-state index in [1.165, 1.54) is 13.8 Å². The van der Waals surface area contributed by atoms with Crippen molar-refractivity contribution in [2.75, 3.05) is 108 Å². The summed E-state index contributed by atoms with van der Waals surface area (Å²) in [5.74, 6) is -10.0. The fourth-order valence-corrected chi connectivity index (χ4v) is 19.1.